The maximum Gasteiger partial charge on any atom is 0.323 e. The van der Waals surface area contributed by atoms with Gasteiger partial charge in [0.1, 0.15) is 5.75 Å². The molecule has 3 N–H and O–H groups in total. The molecule has 3 aromatic carbocycles. The van der Waals surface area contributed by atoms with E-state index in [0.29, 0.717) is 22.6 Å². The fourth-order valence-electron chi connectivity index (χ4n) is 2.97. The van der Waals surface area contributed by atoms with Crippen molar-refractivity contribution in [3.63, 3.8) is 0 Å². The number of thiazole rings is 1. The van der Waals surface area contributed by atoms with Gasteiger partial charge in [0.05, 0.1) is 27.9 Å². The van der Waals surface area contributed by atoms with Crippen molar-refractivity contribution < 1.29 is 17.9 Å². The Morgan fingerprint density at radius 3 is 2.50 bits per heavy atom. The number of para-hydroxylation sites is 2. The van der Waals surface area contributed by atoms with Crippen molar-refractivity contribution >= 4 is 54.1 Å². The molecule has 1 heterocycles. The number of hydrogen-bond acceptors (Lipinski definition) is 6. The van der Waals surface area contributed by atoms with Crippen LogP contribution in [0.2, 0.25) is 0 Å². The molecule has 8 nitrogen and oxygen atoms in total. The molecule has 0 aliphatic rings. The summed E-state index contributed by atoms with van der Waals surface area (Å²) < 4.78 is 33.7. The number of anilines is 3. The van der Waals surface area contributed by atoms with Gasteiger partial charge < -0.3 is 15.4 Å². The fraction of sp³-hybridized carbons (Fsp3) is 0.0909. The standard InChI is InChI=1S/C22H20N4O4S2/c1-14-7-10-16(11-8-14)32(28,29)26-22-25-18-13-15(9-12-20(18)31-22)23-21(27)24-17-5-3-4-6-19(17)30-2/h3-13H,1-2H3,(H,25,26)(H2,23,24,27). The van der Waals surface area contributed by atoms with E-state index in [1.54, 1.807) is 60.7 Å². The lowest BCUT2D eigenvalue weighted by atomic mass is 10.2. The van der Waals surface area contributed by atoms with Crippen molar-refractivity contribution in [1.82, 2.24) is 4.98 Å². The largest absolute Gasteiger partial charge is 0.495 e. The number of hydrogen-bond donors (Lipinski definition) is 3. The molecular weight excluding hydrogens is 448 g/mol. The summed E-state index contributed by atoms with van der Waals surface area (Å²) in [5, 5.41) is 5.72. The van der Waals surface area contributed by atoms with Gasteiger partial charge in [0, 0.05) is 5.69 Å². The molecule has 164 valence electrons. The van der Waals surface area contributed by atoms with Crippen LogP contribution in [-0.4, -0.2) is 26.5 Å². The van der Waals surface area contributed by atoms with Gasteiger partial charge in [0.2, 0.25) is 0 Å². The van der Waals surface area contributed by atoms with E-state index < -0.39 is 16.1 Å². The van der Waals surface area contributed by atoms with E-state index in [2.05, 4.69) is 20.3 Å². The third-order valence-corrected chi connectivity index (χ3v) is 6.99. The number of fused-ring (bicyclic) bond motifs is 1. The average Bonchev–Trinajstić information content (AvgIpc) is 3.15. The molecule has 0 fully saturated rings. The molecule has 0 radical (unpaired) electrons. The van der Waals surface area contributed by atoms with Gasteiger partial charge in [0.15, 0.2) is 5.13 Å². The van der Waals surface area contributed by atoms with Gasteiger partial charge in [-0.25, -0.2) is 18.2 Å². The first-order valence-electron chi connectivity index (χ1n) is 9.55. The number of urea groups is 1. The number of carbonyl (C=O) groups is 1. The SMILES string of the molecule is COc1ccccc1NC(=O)Nc1ccc2sc(NS(=O)(=O)c3ccc(C)cc3)nc2c1. The number of aromatic nitrogens is 1. The molecule has 0 aliphatic heterocycles. The van der Waals surface area contributed by atoms with E-state index in [1.165, 1.54) is 18.4 Å². The van der Waals surface area contributed by atoms with Gasteiger partial charge in [-0.3, -0.25) is 4.72 Å². The van der Waals surface area contributed by atoms with Crippen LogP contribution in [0.3, 0.4) is 0 Å². The average molecular weight is 469 g/mol. The quantitative estimate of drug-likeness (QED) is 0.366. The highest BCUT2D eigenvalue weighted by Gasteiger charge is 2.17. The van der Waals surface area contributed by atoms with Crippen LogP contribution in [0.1, 0.15) is 5.56 Å². The van der Waals surface area contributed by atoms with Gasteiger partial charge in [-0.15, -0.1) is 0 Å². The van der Waals surface area contributed by atoms with Gasteiger partial charge in [-0.2, -0.15) is 0 Å². The number of amides is 2. The van der Waals surface area contributed by atoms with E-state index >= 15 is 0 Å². The molecular formula is C22H20N4O4S2. The second-order valence-electron chi connectivity index (χ2n) is 6.90. The van der Waals surface area contributed by atoms with Crippen LogP contribution in [0.4, 0.5) is 21.3 Å². The second-order valence-corrected chi connectivity index (χ2v) is 9.61. The summed E-state index contributed by atoms with van der Waals surface area (Å²) in [4.78, 5) is 16.9. The van der Waals surface area contributed by atoms with Gasteiger partial charge in [-0.1, -0.05) is 41.2 Å². The second kappa shape index (κ2) is 8.85. The fourth-order valence-corrected chi connectivity index (χ4v) is 5.05. The van der Waals surface area contributed by atoms with Crippen LogP contribution < -0.4 is 20.1 Å². The Labute approximate surface area is 189 Å². The predicted molar refractivity (Wildman–Crippen MR) is 127 cm³/mol. The minimum absolute atomic E-state index is 0.165. The number of benzene rings is 3. The number of aryl methyl sites for hydroxylation is 1. The van der Waals surface area contributed by atoms with Crippen LogP contribution >= 0.6 is 11.3 Å². The number of carbonyl (C=O) groups excluding carboxylic acids is 1. The van der Waals surface area contributed by atoms with E-state index in [4.69, 9.17) is 4.74 Å². The molecule has 0 aliphatic carbocycles. The summed E-state index contributed by atoms with van der Waals surface area (Å²) >= 11 is 1.21. The van der Waals surface area contributed by atoms with Crippen LogP contribution in [-0.2, 0) is 10.0 Å². The smallest absolute Gasteiger partial charge is 0.323 e. The third kappa shape index (κ3) is 4.82. The third-order valence-electron chi connectivity index (χ3n) is 4.55. The molecule has 4 rings (SSSR count). The maximum absolute atomic E-state index is 12.6. The Morgan fingerprint density at radius 2 is 1.75 bits per heavy atom. The summed E-state index contributed by atoms with van der Waals surface area (Å²) in [7, 11) is -2.21. The minimum Gasteiger partial charge on any atom is -0.495 e. The van der Waals surface area contributed by atoms with E-state index in [-0.39, 0.29) is 10.0 Å². The molecule has 2 amide bonds. The molecule has 1 aromatic heterocycles. The lowest BCUT2D eigenvalue weighted by Crippen LogP contribution is -2.19. The molecule has 4 aromatic rings. The summed E-state index contributed by atoms with van der Waals surface area (Å²) in [6.45, 7) is 1.89. The highest BCUT2D eigenvalue weighted by atomic mass is 32.2. The maximum atomic E-state index is 12.6. The molecule has 0 unspecified atom stereocenters. The first kappa shape index (κ1) is 21.6. The van der Waals surface area contributed by atoms with Crippen molar-refractivity contribution in [3.05, 3.63) is 72.3 Å². The molecule has 0 bridgehead atoms. The zero-order valence-corrected chi connectivity index (χ0v) is 18.9. The van der Waals surface area contributed by atoms with E-state index in [1.807, 2.05) is 13.0 Å². The molecule has 0 saturated heterocycles. The minimum atomic E-state index is -3.74. The zero-order chi connectivity index (χ0) is 22.7. The number of sulfonamides is 1. The van der Waals surface area contributed by atoms with Crippen molar-refractivity contribution in [2.75, 3.05) is 22.5 Å². The van der Waals surface area contributed by atoms with Crippen molar-refractivity contribution in [2.45, 2.75) is 11.8 Å². The first-order valence-corrected chi connectivity index (χ1v) is 11.8. The van der Waals surface area contributed by atoms with E-state index in [0.717, 1.165) is 10.3 Å². The molecule has 0 saturated carbocycles. The van der Waals surface area contributed by atoms with Crippen LogP contribution in [0.15, 0.2) is 71.6 Å². The summed E-state index contributed by atoms with van der Waals surface area (Å²) in [5.74, 6) is 0.545. The predicted octanol–water partition coefficient (Wildman–Crippen LogP) is 5.06. The van der Waals surface area contributed by atoms with Crippen LogP contribution in [0.25, 0.3) is 10.2 Å². The zero-order valence-electron chi connectivity index (χ0n) is 17.2. The number of rotatable bonds is 6. The normalized spacial score (nSPS) is 11.2. The topological polar surface area (TPSA) is 109 Å². The van der Waals surface area contributed by atoms with E-state index in [9.17, 15) is 13.2 Å². The Hall–Kier alpha value is -3.63. The number of methoxy groups -OCH3 is 1. The summed E-state index contributed by atoms with van der Waals surface area (Å²) in [6, 6.07) is 18.4. The van der Waals surface area contributed by atoms with Crippen molar-refractivity contribution in [3.8, 4) is 5.75 Å². The van der Waals surface area contributed by atoms with Gasteiger partial charge in [0.25, 0.3) is 10.0 Å². The van der Waals surface area contributed by atoms with Gasteiger partial charge in [-0.05, 0) is 49.4 Å². The Balaban J connectivity index is 1.49. The molecule has 0 atom stereocenters. The number of nitrogens with zero attached hydrogens (tertiary/aromatic N) is 1. The summed E-state index contributed by atoms with van der Waals surface area (Å²) in [5.41, 5.74) is 2.59. The highest BCUT2D eigenvalue weighted by molar-refractivity contribution is 7.93. The Kier molecular flexibility index (Phi) is 5.97. The van der Waals surface area contributed by atoms with Crippen molar-refractivity contribution in [1.29, 1.82) is 0 Å². The molecule has 32 heavy (non-hydrogen) atoms. The Morgan fingerprint density at radius 1 is 1.00 bits per heavy atom. The van der Waals surface area contributed by atoms with Crippen LogP contribution in [0, 0.1) is 6.92 Å². The molecule has 0 spiro atoms. The first-order chi connectivity index (χ1) is 15.3. The summed E-state index contributed by atoms with van der Waals surface area (Å²) in [6.07, 6.45) is 0. The Bertz CT molecular complexity index is 1380. The lowest BCUT2D eigenvalue weighted by molar-refractivity contribution is 0.262. The number of ether oxygens (including phenoxy) is 1. The lowest BCUT2D eigenvalue weighted by Gasteiger charge is -2.10. The van der Waals surface area contributed by atoms with Crippen LogP contribution in [0.5, 0.6) is 5.75 Å². The highest BCUT2D eigenvalue weighted by Crippen LogP contribution is 2.30. The van der Waals surface area contributed by atoms with Crippen molar-refractivity contribution in [2.24, 2.45) is 0 Å². The number of nitrogens with one attached hydrogen (secondary N) is 3. The van der Waals surface area contributed by atoms with Gasteiger partial charge >= 0.3 is 6.03 Å². The molecule has 10 heteroatoms. The monoisotopic (exact) mass is 468 g/mol.